The fraction of sp³-hybridized carbons (Fsp3) is 0.667. The van der Waals surface area contributed by atoms with E-state index in [0.717, 1.165) is 12.5 Å². The topological polar surface area (TPSA) is 6.48 Å². The fourth-order valence-electron chi connectivity index (χ4n) is 3.98. The van der Waals surface area contributed by atoms with Gasteiger partial charge in [-0.2, -0.15) is 0 Å². The van der Waals surface area contributed by atoms with Crippen LogP contribution in [0.2, 0.25) is 0 Å². The number of benzene rings is 1. The van der Waals surface area contributed by atoms with E-state index < -0.39 is 0 Å². The summed E-state index contributed by atoms with van der Waals surface area (Å²) in [6, 6.07) is 10.5. The predicted molar refractivity (Wildman–Crippen MR) is 86.4 cm³/mol. The third-order valence-electron chi connectivity index (χ3n) is 5.18. The highest BCUT2D eigenvalue weighted by atomic mass is 15.3. The van der Waals surface area contributed by atoms with E-state index in [9.17, 15) is 0 Å². The lowest BCUT2D eigenvalue weighted by molar-refractivity contribution is 0.176. The molecule has 0 spiro atoms. The molecule has 1 aromatic carbocycles. The van der Waals surface area contributed by atoms with E-state index in [0.29, 0.717) is 12.0 Å². The second-order valence-electron chi connectivity index (χ2n) is 6.74. The number of nitrogens with zero attached hydrogens (tertiary/aromatic N) is 2. The molecule has 2 unspecified atom stereocenters. The Morgan fingerprint density at radius 3 is 2.75 bits per heavy atom. The van der Waals surface area contributed by atoms with Gasteiger partial charge in [0.05, 0.1) is 0 Å². The standard InChI is InChI=1S/C18H28N2/c1-4-15-8-5-6-10-17(15)20-12-16-9-7-11-19(16)13-18(20)14(2)3/h5-6,8,10,14,16,18H,4,7,9,11-13H2,1-3H3. The van der Waals surface area contributed by atoms with Gasteiger partial charge in [-0.25, -0.2) is 0 Å². The molecule has 0 aliphatic carbocycles. The van der Waals surface area contributed by atoms with Crippen LogP contribution in [0.25, 0.3) is 0 Å². The summed E-state index contributed by atoms with van der Waals surface area (Å²) >= 11 is 0. The van der Waals surface area contributed by atoms with Gasteiger partial charge in [0.1, 0.15) is 0 Å². The molecule has 0 amide bonds. The van der Waals surface area contributed by atoms with Crippen LogP contribution in [0.4, 0.5) is 5.69 Å². The fourth-order valence-corrected chi connectivity index (χ4v) is 3.98. The van der Waals surface area contributed by atoms with Gasteiger partial charge in [0.25, 0.3) is 0 Å². The van der Waals surface area contributed by atoms with E-state index in [-0.39, 0.29) is 0 Å². The zero-order valence-electron chi connectivity index (χ0n) is 13.2. The summed E-state index contributed by atoms with van der Waals surface area (Å²) < 4.78 is 0. The number of para-hydroxylation sites is 1. The molecule has 0 N–H and O–H groups in total. The molecular weight excluding hydrogens is 244 g/mol. The summed E-state index contributed by atoms with van der Waals surface area (Å²) in [7, 11) is 0. The molecule has 2 heteroatoms. The van der Waals surface area contributed by atoms with Crippen molar-refractivity contribution in [1.82, 2.24) is 4.90 Å². The summed E-state index contributed by atoms with van der Waals surface area (Å²) in [5.41, 5.74) is 2.99. The predicted octanol–water partition coefficient (Wildman–Crippen LogP) is 3.56. The normalized spacial score (nSPS) is 27.1. The van der Waals surface area contributed by atoms with Crippen LogP contribution in [0.15, 0.2) is 24.3 Å². The molecular formula is C18H28N2. The van der Waals surface area contributed by atoms with Crippen LogP contribution < -0.4 is 4.90 Å². The first-order valence-corrected chi connectivity index (χ1v) is 8.29. The van der Waals surface area contributed by atoms with Crippen molar-refractivity contribution in [3.05, 3.63) is 29.8 Å². The molecule has 2 heterocycles. The number of hydrogen-bond donors (Lipinski definition) is 0. The van der Waals surface area contributed by atoms with Gasteiger partial charge < -0.3 is 4.90 Å². The number of hydrogen-bond acceptors (Lipinski definition) is 2. The summed E-state index contributed by atoms with van der Waals surface area (Å²) in [6.45, 7) is 10.8. The van der Waals surface area contributed by atoms with Gasteiger partial charge in [0, 0.05) is 30.9 Å². The lowest BCUT2D eigenvalue weighted by Gasteiger charge is -2.47. The minimum absolute atomic E-state index is 0.664. The molecule has 20 heavy (non-hydrogen) atoms. The van der Waals surface area contributed by atoms with Crippen molar-refractivity contribution >= 4 is 5.69 Å². The molecule has 0 aromatic heterocycles. The molecule has 3 rings (SSSR count). The zero-order chi connectivity index (χ0) is 14.1. The summed E-state index contributed by atoms with van der Waals surface area (Å²) in [5.74, 6) is 0.710. The number of piperazine rings is 1. The zero-order valence-corrected chi connectivity index (χ0v) is 13.2. The first kappa shape index (κ1) is 13.9. The van der Waals surface area contributed by atoms with Gasteiger partial charge in [-0.15, -0.1) is 0 Å². The Balaban J connectivity index is 1.92. The highest BCUT2D eigenvalue weighted by molar-refractivity contribution is 5.55. The van der Waals surface area contributed by atoms with Crippen LogP contribution >= 0.6 is 0 Å². The van der Waals surface area contributed by atoms with Crippen molar-refractivity contribution in [2.75, 3.05) is 24.5 Å². The molecule has 2 nitrogen and oxygen atoms in total. The largest absolute Gasteiger partial charge is 0.365 e. The van der Waals surface area contributed by atoms with Crippen LogP contribution in [0.1, 0.15) is 39.2 Å². The van der Waals surface area contributed by atoms with E-state index in [2.05, 4.69) is 54.8 Å². The lowest BCUT2D eigenvalue weighted by Crippen LogP contribution is -2.58. The maximum absolute atomic E-state index is 2.73. The van der Waals surface area contributed by atoms with Gasteiger partial charge in [-0.3, -0.25) is 4.90 Å². The highest BCUT2D eigenvalue weighted by Crippen LogP contribution is 2.33. The van der Waals surface area contributed by atoms with Crippen molar-refractivity contribution in [3.63, 3.8) is 0 Å². The van der Waals surface area contributed by atoms with Gasteiger partial charge in [-0.1, -0.05) is 39.0 Å². The Bertz CT molecular complexity index is 454. The lowest BCUT2D eigenvalue weighted by atomic mass is 9.95. The molecule has 2 aliphatic rings. The second-order valence-corrected chi connectivity index (χ2v) is 6.74. The van der Waals surface area contributed by atoms with E-state index >= 15 is 0 Å². The maximum atomic E-state index is 2.73. The first-order chi connectivity index (χ1) is 9.70. The molecule has 0 saturated carbocycles. The number of rotatable bonds is 3. The molecule has 2 fully saturated rings. The molecule has 2 saturated heterocycles. The smallest absolute Gasteiger partial charge is 0.0440 e. The summed E-state index contributed by atoms with van der Waals surface area (Å²) in [5, 5.41) is 0. The number of aryl methyl sites for hydroxylation is 1. The van der Waals surface area contributed by atoms with Gasteiger partial charge in [0.2, 0.25) is 0 Å². The third-order valence-corrected chi connectivity index (χ3v) is 5.18. The third kappa shape index (κ3) is 2.46. The average molecular weight is 272 g/mol. The van der Waals surface area contributed by atoms with Crippen molar-refractivity contribution < 1.29 is 0 Å². The molecule has 1 aromatic rings. The molecule has 2 atom stereocenters. The monoisotopic (exact) mass is 272 g/mol. The minimum Gasteiger partial charge on any atom is -0.365 e. The van der Waals surface area contributed by atoms with Gasteiger partial charge >= 0.3 is 0 Å². The Morgan fingerprint density at radius 2 is 2.00 bits per heavy atom. The van der Waals surface area contributed by atoms with Crippen LogP contribution in [0.5, 0.6) is 0 Å². The van der Waals surface area contributed by atoms with Crippen molar-refractivity contribution in [3.8, 4) is 0 Å². The van der Waals surface area contributed by atoms with Crippen molar-refractivity contribution in [2.24, 2.45) is 5.92 Å². The molecule has 0 radical (unpaired) electrons. The Labute approximate surface area is 123 Å². The average Bonchev–Trinajstić information content (AvgIpc) is 2.93. The van der Waals surface area contributed by atoms with E-state index in [1.165, 1.54) is 43.7 Å². The van der Waals surface area contributed by atoms with E-state index in [4.69, 9.17) is 0 Å². The molecule has 2 aliphatic heterocycles. The Morgan fingerprint density at radius 1 is 1.20 bits per heavy atom. The summed E-state index contributed by atoms with van der Waals surface area (Å²) in [6.07, 6.45) is 3.90. The summed E-state index contributed by atoms with van der Waals surface area (Å²) in [4.78, 5) is 5.45. The van der Waals surface area contributed by atoms with Crippen LogP contribution in [0, 0.1) is 5.92 Å². The highest BCUT2D eigenvalue weighted by Gasteiger charge is 2.37. The van der Waals surface area contributed by atoms with Crippen molar-refractivity contribution in [2.45, 2.75) is 52.1 Å². The minimum atomic E-state index is 0.664. The molecule has 110 valence electrons. The SMILES string of the molecule is CCc1ccccc1N1CC2CCCN2CC1C(C)C. The van der Waals surface area contributed by atoms with Crippen LogP contribution in [-0.2, 0) is 6.42 Å². The number of fused-ring (bicyclic) bond motifs is 1. The van der Waals surface area contributed by atoms with Crippen molar-refractivity contribution in [1.29, 1.82) is 0 Å². The van der Waals surface area contributed by atoms with E-state index in [1.54, 1.807) is 0 Å². The Kier molecular flexibility index (Phi) is 4.02. The maximum Gasteiger partial charge on any atom is 0.0440 e. The van der Waals surface area contributed by atoms with Gasteiger partial charge in [-0.05, 0) is 43.4 Å². The van der Waals surface area contributed by atoms with Gasteiger partial charge in [0.15, 0.2) is 0 Å². The van der Waals surface area contributed by atoms with E-state index in [1.807, 2.05) is 0 Å². The quantitative estimate of drug-likeness (QED) is 0.830. The number of anilines is 1. The first-order valence-electron chi connectivity index (χ1n) is 8.29. The van der Waals surface area contributed by atoms with Crippen LogP contribution in [0.3, 0.4) is 0 Å². The second kappa shape index (κ2) is 5.77. The Hall–Kier alpha value is -1.02. The molecule has 0 bridgehead atoms. The van der Waals surface area contributed by atoms with Crippen LogP contribution in [-0.4, -0.2) is 36.6 Å².